The van der Waals surface area contributed by atoms with Crippen LogP contribution in [0.1, 0.15) is 0 Å². The van der Waals surface area contributed by atoms with E-state index < -0.39 is 11.2 Å². The molecule has 0 aliphatic rings. The molecule has 0 aliphatic carbocycles. The second kappa shape index (κ2) is 5.77. The number of hydrogen-bond donors (Lipinski definition) is 2. The smallest absolute Gasteiger partial charge is 0.332 e. The Kier molecular flexibility index (Phi) is 4.23. The lowest BCUT2D eigenvalue weighted by Gasteiger charge is -2.05. The number of aromatic nitrogens is 4. The van der Waals surface area contributed by atoms with Crippen LogP contribution in [0.3, 0.4) is 0 Å². The Labute approximate surface area is 132 Å². The minimum absolute atomic E-state index is 0.0408. The highest BCUT2D eigenvalue weighted by Gasteiger charge is 2.17. The summed E-state index contributed by atoms with van der Waals surface area (Å²) in [5.74, 6) is 0. The highest BCUT2D eigenvalue weighted by atomic mass is 79.9. The first-order chi connectivity index (χ1) is 9.84. The fourth-order valence-corrected chi connectivity index (χ4v) is 2.36. The summed E-state index contributed by atoms with van der Waals surface area (Å²) < 4.78 is 4.33. The number of nitrogens with one attached hydrogen (secondary N) is 1. The molecule has 0 aromatic carbocycles. The topological polar surface area (TPSA) is 112 Å². The van der Waals surface area contributed by atoms with Gasteiger partial charge in [0, 0.05) is 20.3 Å². The van der Waals surface area contributed by atoms with Crippen LogP contribution in [0.4, 0.5) is 0 Å². The molecule has 21 heavy (non-hydrogen) atoms. The van der Waals surface area contributed by atoms with Gasteiger partial charge in [-0.3, -0.25) is 19.4 Å². The van der Waals surface area contributed by atoms with Crippen LogP contribution in [0.25, 0.3) is 11.2 Å². The number of hydrazone groups is 1. The van der Waals surface area contributed by atoms with Gasteiger partial charge < -0.3 is 10.3 Å². The van der Waals surface area contributed by atoms with Crippen molar-refractivity contribution in [3.05, 3.63) is 25.6 Å². The first kappa shape index (κ1) is 15.4. The van der Waals surface area contributed by atoms with Gasteiger partial charge in [0.15, 0.2) is 21.0 Å². The van der Waals surface area contributed by atoms with Crippen molar-refractivity contribution in [2.24, 2.45) is 24.9 Å². The van der Waals surface area contributed by atoms with Gasteiger partial charge in [0.2, 0.25) is 0 Å². The molecule has 0 amide bonds. The number of imidazole rings is 1. The number of fused-ring (bicyclic) bond motifs is 1. The molecule has 2 heterocycles. The van der Waals surface area contributed by atoms with Crippen molar-refractivity contribution in [1.82, 2.24) is 24.1 Å². The Morgan fingerprint density at radius 2 is 2.14 bits per heavy atom. The van der Waals surface area contributed by atoms with Crippen LogP contribution in [-0.2, 0) is 20.6 Å². The SMILES string of the molecule is Cn1c(=O)c2c(nc(Br)n2CC=NNC(N)=S)n(C)c1=O. The van der Waals surface area contributed by atoms with Crippen molar-refractivity contribution >= 4 is 50.6 Å². The Morgan fingerprint density at radius 1 is 1.48 bits per heavy atom. The van der Waals surface area contributed by atoms with Crippen LogP contribution >= 0.6 is 28.1 Å². The van der Waals surface area contributed by atoms with Gasteiger partial charge >= 0.3 is 5.69 Å². The predicted molar refractivity (Wildman–Crippen MR) is 86.3 cm³/mol. The standard InChI is InChI=1S/C10H12BrN7O2S/c1-16-6-5(7(19)17(2)10(16)20)18(8(11)14-6)4-3-13-15-9(12)21/h3H,4H2,1-2H3,(H3,12,15,21). The van der Waals surface area contributed by atoms with E-state index in [-0.39, 0.29) is 11.7 Å². The summed E-state index contributed by atoms with van der Waals surface area (Å²) in [6.07, 6.45) is 1.48. The van der Waals surface area contributed by atoms with E-state index in [9.17, 15) is 9.59 Å². The summed E-state index contributed by atoms with van der Waals surface area (Å²) in [6.45, 7) is 0.250. The minimum Gasteiger partial charge on any atom is -0.375 e. The van der Waals surface area contributed by atoms with Crippen LogP contribution in [-0.4, -0.2) is 30.0 Å². The van der Waals surface area contributed by atoms with Gasteiger partial charge in [0.05, 0.1) is 6.54 Å². The van der Waals surface area contributed by atoms with E-state index in [4.69, 9.17) is 5.73 Å². The summed E-state index contributed by atoms with van der Waals surface area (Å²) in [4.78, 5) is 28.3. The lowest BCUT2D eigenvalue weighted by molar-refractivity contribution is 0.704. The van der Waals surface area contributed by atoms with Crippen LogP contribution in [0.5, 0.6) is 0 Å². The minimum atomic E-state index is -0.437. The molecule has 0 spiro atoms. The highest BCUT2D eigenvalue weighted by Crippen LogP contribution is 2.15. The van der Waals surface area contributed by atoms with Crippen molar-refractivity contribution < 1.29 is 0 Å². The molecule has 0 bridgehead atoms. The van der Waals surface area contributed by atoms with Crippen molar-refractivity contribution in [2.75, 3.05) is 0 Å². The molecule has 0 atom stereocenters. The molecule has 0 unspecified atom stereocenters. The van der Waals surface area contributed by atoms with E-state index in [0.29, 0.717) is 15.9 Å². The summed E-state index contributed by atoms with van der Waals surface area (Å²) in [5.41, 5.74) is 7.38. The van der Waals surface area contributed by atoms with Crippen molar-refractivity contribution in [3.63, 3.8) is 0 Å². The summed E-state index contributed by atoms with van der Waals surface area (Å²) in [6, 6.07) is 0. The summed E-state index contributed by atoms with van der Waals surface area (Å²) in [7, 11) is 2.97. The molecule has 0 aliphatic heterocycles. The lowest BCUT2D eigenvalue weighted by atomic mass is 10.5. The molecule has 11 heteroatoms. The highest BCUT2D eigenvalue weighted by molar-refractivity contribution is 9.10. The van der Waals surface area contributed by atoms with E-state index in [2.05, 4.69) is 43.7 Å². The van der Waals surface area contributed by atoms with Crippen molar-refractivity contribution in [3.8, 4) is 0 Å². The van der Waals surface area contributed by atoms with Crippen LogP contribution in [0.2, 0.25) is 0 Å². The molecule has 0 saturated heterocycles. The third-order valence-electron chi connectivity index (χ3n) is 2.83. The number of nitrogens with zero attached hydrogens (tertiary/aromatic N) is 5. The van der Waals surface area contributed by atoms with Gasteiger partial charge in [-0.2, -0.15) is 5.10 Å². The third kappa shape index (κ3) is 2.74. The number of thiocarbonyl (C=S) groups is 1. The number of aryl methyl sites for hydroxylation is 1. The molecular formula is C10H12BrN7O2S. The Morgan fingerprint density at radius 3 is 2.76 bits per heavy atom. The molecule has 2 rings (SSSR count). The van der Waals surface area contributed by atoms with Gasteiger partial charge in [-0.15, -0.1) is 0 Å². The Hall–Kier alpha value is -2.01. The Balaban J connectivity index is 2.58. The molecule has 0 radical (unpaired) electrons. The lowest BCUT2D eigenvalue weighted by Crippen LogP contribution is -2.37. The molecular weight excluding hydrogens is 362 g/mol. The predicted octanol–water partition coefficient (Wildman–Crippen LogP) is -0.985. The van der Waals surface area contributed by atoms with Crippen LogP contribution in [0.15, 0.2) is 19.4 Å². The molecule has 2 aromatic heterocycles. The normalized spacial score (nSPS) is 11.4. The van der Waals surface area contributed by atoms with E-state index >= 15 is 0 Å². The van der Waals surface area contributed by atoms with Gasteiger partial charge in [-0.05, 0) is 28.1 Å². The average molecular weight is 374 g/mol. The molecule has 9 nitrogen and oxygen atoms in total. The van der Waals surface area contributed by atoms with Crippen LogP contribution < -0.4 is 22.4 Å². The zero-order valence-electron chi connectivity index (χ0n) is 11.2. The fourth-order valence-electron chi connectivity index (χ4n) is 1.82. The average Bonchev–Trinajstić information content (AvgIpc) is 2.76. The van der Waals surface area contributed by atoms with Gasteiger partial charge in [0.25, 0.3) is 5.56 Å². The van der Waals surface area contributed by atoms with E-state index in [0.717, 1.165) is 4.57 Å². The Bertz CT molecular complexity index is 863. The van der Waals surface area contributed by atoms with Gasteiger partial charge in [-0.25, -0.2) is 9.78 Å². The maximum absolute atomic E-state index is 12.2. The van der Waals surface area contributed by atoms with Gasteiger partial charge in [0.1, 0.15) is 0 Å². The second-order valence-electron chi connectivity index (χ2n) is 4.16. The summed E-state index contributed by atoms with van der Waals surface area (Å²) in [5, 5.41) is 3.84. The monoisotopic (exact) mass is 373 g/mol. The second-order valence-corrected chi connectivity index (χ2v) is 5.31. The fraction of sp³-hybridized carbons (Fsp3) is 0.300. The van der Waals surface area contributed by atoms with E-state index in [1.807, 2.05) is 0 Å². The molecule has 2 aromatic rings. The summed E-state index contributed by atoms with van der Waals surface area (Å²) >= 11 is 7.88. The largest absolute Gasteiger partial charge is 0.375 e. The quantitative estimate of drug-likeness (QED) is 0.309. The van der Waals surface area contributed by atoms with Crippen LogP contribution in [0, 0.1) is 0 Å². The zero-order valence-corrected chi connectivity index (χ0v) is 13.6. The molecule has 112 valence electrons. The molecule has 0 fully saturated rings. The number of halogens is 1. The number of hydrogen-bond acceptors (Lipinski definition) is 5. The van der Waals surface area contributed by atoms with Gasteiger partial charge in [-0.1, -0.05) is 0 Å². The van der Waals surface area contributed by atoms with Crippen molar-refractivity contribution in [2.45, 2.75) is 6.54 Å². The number of nitrogens with two attached hydrogens (primary N) is 1. The maximum atomic E-state index is 12.2. The maximum Gasteiger partial charge on any atom is 0.332 e. The first-order valence-electron chi connectivity index (χ1n) is 5.73. The van der Waals surface area contributed by atoms with E-state index in [1.54, 1.807) is 11.6 Å². The zero-order chi connectivity index (χ0) is 15.7. The molecule has 0 saturated carbocycles. The van der Waals surface area contributed by atoms with Crippen molar-refractivity contribution in [1.29, 1.82) is 0 Å². The first-order valence-corrected chi connectivity index (χ1v) is 6.93. The third-order valence-corrected chi connectivity index (χ3v) is 3.53. The van der Waals surface area contributed by atoms with E-state index in [1.165, 1.54) is 17.8 Å². The number of rotatable bonds is 3. The molecule has 3 N–H and O–H groups in total.